The minimum Gasteiger partial charge on any atom is -0.427 e. The van der Waals surface area contributed by atoms with Crippen LogP contribution in [0.4, 0.5) is 10.5 Å². The van der Waals surface area contributed by atoms with Gasteiger partial charge in [0.15, 0.2) is 0 Å². The van der Waals surface area contributed by atoms with Gasteiger partial charge < -0.3 is 15.4 Å². The molecule has 0 aromatic heterocycles. The molecular formula is C16H19N3O5S. The maximum atomic E-state index is 11.8. The Balaban J connectivity index is 1.35. The van der Waals surface area contributed by atoms with E-state index in [0.717, 1.165) is 18.6 Å². The summed E-state index contributed by atoms with van der Waals surface area (Å²) in [6.07, 6.45) is 2.83. The van der Waals surface area contributed by atoms with E-state index in [9.17, 15) is 19.7 Å². The number of nitro groups is 1. The first-order valence-corrected chi connectivity index (χ1v) is 9.21. The SMILES string of the molecule is O=C1NC2CS[C@@H](CCCCC(=O)Oc3ccc([N+](=O)[O-])cc3)C2N1. The number of amides is 2. The van der Waals surface area contributed by atoms with Gasteiger partial charge in [0.25, 0.3) is 5.69 Å². The van der Waals surface area contributed by atoms with Crippen molar-refractivity contribution in [3.8, 4) is 5.75 Å². The molecule has 3 atom stereocenters. The largest absolute Gasteiger partial charge is 0.427 e. The van der Waals surface area contributed by atoms with Crippen LogP contribution in [0.1, 0.15) is 25.7 Å². The minimum atomic E-state index is -0.501. The van der Waals surface area contributed by atoms with Crippen LogP contribution in [0.3, 0.4) is 0 Å². The molecule has 0 radical (unpaired) electrons. The number of nitrogens with one attached hydrogen (secondary N) is 2. The van der Waals surface area contributed by atoms with Gasteiger partial charge in [-0.15, -0.1) is 0 Å². The molecule has 2 heterocycles. The zero-order valence-electron chi connectivity index (χ0n) is 13.5. The van der Waals surface area contributed by atoms with Gasteiger partial charge in [0.2, 0.25) is 0 Å². The van der Waals surface area contributed by atoms with Gasteiger partial charge in [0.05, 0.1) is 17.0 Å². The zero-order valence-corrected chi connectivity index (χ0v) is 14.3. The average Bonchev–Trinajstić information content (AvgIpc) is 3.11. The van der Waals surface area contributed by atoms with E-state index in [1.165, 1.54) is 24.3 Å². The molecule has 1 aromatic rings. The first-order valence-electron chi connectivity index (χ1n) is 8.17. The van der Waals surface area contributed by atoms with Gasteiger partial charge in [0.1, 0.15) is 5.75 Å². The Morgan fingerprint density at radius 3 is 2.76 bits per heavy atom. The number of urea groups is 1. The molecule has 0 aliphatic carbocycles. The number of esters is 1. The summed E-state index contributed by atoms with van der Waals surface area (Å²) in [6.45, 7) is 0. The number of carbonyl (C=O) groups excluding carboxylic acids is 2. The molecule has 2 aliphatic heterocycles. The van der Waals surface area contributed by atoms with Crippen LogP contribution in [-0.2, 0) is 4.79 Å². The minimum absolute atomic E-state index is 0.0411. The highest BCUT2D eigenvalue weighted by Crippen LogP contribution is 2.33. The molecule has 2 fully saturated rings. The summed E-state index contributed by atoms with van der Waals surface area (Å²) in [4.78, 5) is 33.2. The zero-order chi connectivity index (χ0) is 17.8. The third-order valence-corrected chi connectivity index (χ3v) is 5.85. The van der Waals surface area contributed by atoms with Crippen molar-refractivity contribution in [3.05, 3.63) is 34.4 Å². The van der Waals surface area contributed by atoms with E-state index in [2.05, 4.69) is 10.6 Å². The highest BCUT2D eigenvalue weighted by atomic mass is 32.2. The number of nitrogens with zero attached hydrogens (tertiary/aromatic N) is 1. The number of hydrogen-bond acceptors (Lipinski definition) is 6. The molecule has 2 aliphatic rings. The maximum absolute atomic E-state index is 11.8. The molecule has 0 saturated carbocycles. The van der Waals surface area contributed by atoms with Crippen molar-refractivity contribution in [3.63, 3.8) is 0 Å². The second kappa shape index (κ2) is 7.73. The van der Waals surface area contributed by atoms with Crippen molar-refractivity contribution < 1.29 is 19.2 Å². The smallest absolute Gasteiger partial charge is 0.315 e. The molecule has 1 aromatic carbocycles. The fourth-order valence-electron chi connectivity index (χ4n) is 3.08. The molecule has 2 saturated heterocycles. The molecule has 3 rings (SSSR count). The fourth-order valence-corrected chi connectivity index (χ4v) is 4.62. The molecule has 9 heteroatoms. The highest BCUT2D eigenvalue weighted by Gasteiger charge is 2.42. The van der Waals surface area contributed by atoms with Crippen LogP contribution < -0.4 is 15.4 Å². The van der Waals surface area contributed by atoms with Gasteiger partial charge in [-0.3, -0.25) is 14.9 Å². The molecule has 0 bridgehead atoms. The maximum Gasteiger partial charge on any atom is 0.315 e. The van der Waals surface area contributed by atoms with Crippen molar-refractivity contribution in [2.45, 2.75) is 43.0 Å². The third kappa shape index (κ3) is 4.41. The van der Waals surface area contributed by atoms with E-state index < -0.39 is 4.92 Å². The molecule has 2 unspecified atom stereocenters. The van der Waals surface area contributed by atoms with E-state index in [1.807, 2.05) is 11.8 Å². The van der Waals surface area contributed by atoms with Crippen LogP contribution in [0.25, 0.3) is 0 Å². The Hall–Kier alpha value is -2.29. The van der Waals surface area contributed by atoms with Crippen molar-refractivity contribution in [2.75, 3.05) is 5.75 Å². The number of non-ortho nitro benzene ring substituents is 1. The Morgan fingerprint density at radius 2 is 2.04 bits per heavy atom. The van der Waals surface area contributed by atoms with Crippen molar-refractivity contribution >= 4 is 29.4 Å². The summed E-state index contributed by atoms with van der Waals surface area (Å²) >= 11 is 1.85. The number of unbranched alkanes of at least 4 members (excludes halogenated alkanes) is 1. The third-order valence-electron chi connectivity index (χ3n) is 4.34. The summed E-state index contributed by atoms with van der Waals surface area (Å²) in [6, 6.07) is 5.76. The number of benzene rings is 1. The number of fused-ring (bicyclic) bond motifs is 1. The number of nitro benzene ring substituents is 1. The van der Waals surface area contributed by atoms with E-state index >= 15 is 0 Å². The predicted molar refractivity (Wildman–Crippen MR) is 92.7 cm³/mol. The lowest BCUT2D eigenvalue weighted by Crippen LogP contribution is -2.36. The van der Waals surface area contributed by atoms with Gasteiger partial charge in [-0.05, 0) is 25.0 Å². The number of ether oxygens (including phenoxy) is 1. The van der Waals surface area contributed by atoms with Gasteiger partial charge in [-0.2, -0.15) is 11.8 Å². The summed E-state index contributed by atoms with van der Waals surface area (Å²) in [5.74, 6) is 0.891. The first-order chi connectivity index (χ1) is 12.0. The Bertz CT molecular complexity index is 666. The topological polar surface area (TPSA) is 111 Å². The average molecular weight is 365 g/mol. The normalized spacial score (nSPS) is 24.3. The lowest BCUT2D eigenvalue weighted by molar-refractivity contribution is -0.384. The lowest BCUT2D eigenvalue weighted by atomic mass is 10.0. The molecule has 0 spiro atoms. The molecule has 25 heavy (non-hydrogen) atoms. The fraction of sp³-hybridized carbons (Fsp3) is 0.500. The lowest BCUT2D eigenvalue weighted by Gasteiger charge is -2.16. The second-order valence-electron chi connectivity index (χ2n) is 6.09. The number of carbonyl (C=O) groups is 2. The molecule has 2 N–H and O–H groups in total. The monoisotopic (exact) mass is 365 g/mol. The summed E-state index contributed by atoms with van der Waals surface area (Å²) in [5, 5.41) is 16.8. The summed E-state index contributed by atoms with van der Waals surface area (Å²) in [7, 11) is 0. The van der Waals surface area contributed by atoms with Gasteiger partial charge in [0, 0.05) is 29.6 Å². The van der Waals surface area contributed by atoms with Crippen LogP contribution >= 0.6 is 11.8 Å². The molecule has 134 valence electrons. The van der Waals surface area contributed by atoms with E-state index in [4.69, 9.17) is 4.74 Å². The number of rotatable bonds is 7. The van der Waals surface area contributed by atoms with Crippen molar-refractivity contribution in [1.82, 2.24) is 10.6 Å². The Kier molecular flexibility index (Phi) is 5.42. The molecule has 8 nitrogen and oxygen atoms in total. The van der Waals surface area contributed by atoms with Gasteiger partial charge in [-0.25, -0.2) is 4.79 Å². The number of thioether (sulfide) groups is 1. The Labute approximate surface area is 148 Å². The van der Waals surface area contributed by atoms with Crippen LogP contribution in [-0.4, -0.2) is 40.0 Å². The summed E-state index contributed by atoms with van der Waals surface area (Å²) in [5.41, 5.74) is -0.0411. The van der Waals surface area contributed by atoms with Crippen LogP contribution in [0.15, 0.2) is 24.3 Å². The van der Waals surface area contributed by atoms with E-state index in [0.29, 0.717) is 23.8 Å². The second-order valence-corrected chi connectivity index (χ2v) is 7.36. The van der Waals surface area contributed by atoms with Crippen molar-refractivity contribution in [2.24, 2.45) is 0 Å². The Morgan fingerprint density at radius 1 is 1.28 bits per heavy atom. The van der Waals surface area contributed by atoms with Gasteiger partial charge >= 0.3 is 12.0 Å². The van der Waals surface area contributed by atoms with Crippen LogP contribution in [0, 0.1) is 10.1 Å². The predicted octanol–water partition coefficient (Wildman–Crippen LogP) is 2.23. The van der Waals surface area contributed by atoms with E-state index in [1.54, 1.807) is 0 Å². The first kappa shape index (κ1) is 17.5. The summed E-state index contributed by atoms with van der Waals surface area (Å²) < 4.78 is 5.17. The quantitative estimate of drug-likeness (QED) is 0.191. The standard InChI is InChI=1S/C16H19N3O5S/c20-14(24-11-7-5-10(6-8-11)19(22)23)4-2-1-3-13-15-12(9-25-13)17-16(21)18-15/h5-8,12-13,15H,1-4,9H2,(H2,17,18,21)/t12?,13-,15?/m0/s1. The molecular weight excluding hydrogens is 346 g/mol. The van der Waals surface area contributed by atoms with Crippen LogP contribution in [0.5, 0.6) is 5.75 Å². The van der Waals surface area contributed by atoms with Crippen molar-refractivity contribution in [1.29, 1.82) is 0 Å². The molecule has 2 amide bonds. The number of hydrogen-bond donors (Lipinski definition) is 2. The van der Waals surface area contributed by atoms with Gasteiger partial charge in [-0.1, -0.05) is 6.42 Å². The van der Waals surface area contributed by atoms with Crippen LogP contribution in [0.2, 0.25) is 0 Å². The van der Waals surface area contributed by atoms with E-state index in [-0.39, 0.29) is 29.8 Å². The highest BCUT2D eigenvalue weighted by molar-refractivity contribution is 8.00.